The Bertz CT molecular complexity index is 880. The molecule has 1 saturated heterocycles. The first-order valence-corrected chi connectivity index (χ1v) is 9.17. The highest BCUT2D eigenvalue weighted by Crippen LogP contribution is 2.45. The standard InChI is InChI=1S/C21H22N4O/c1-4-17(12-22-8-1)13-25-16-21(20-19(25)6-2-9-23-20)7-10-24(15-21)14-18-5-3-11-26-18/h1-6,8-9,11-12H,7,10,13-16H2/t21-/m1/s1. The van der Waals surface area contributed by atoms with E-state index < -0.39 is 0 Å². The molecular weight excluding hydrogens is 324 g/mol. The second kappa shape index (κ2) is 6.25. The van der Waals surface area contributed by atoms with Crippen LogP contribution in [0.1, 0.15) is 23.4 Å². The van der Waals surface area contributed by atoms with Gasteiger partial charge in [-0.15, -0.1) is 0 Å². The van der Waals surface area contributed by atoms with Gasteiger partial charge in [-0.2, -0.15) is 0 Å². The molecule has 0 radical (unpaired) electrons. The molecule has 5 nitrogen and oxygen atoms in total. The first-order valence-electron chi connectivity index (χ1n) is 9.17. The molecule has 3 aromatic heterocycles. The summed E-state index contributed by atoms with van der Waals surface area (Å²) < 4.78 is 5.54. The zero-order chi connectivity index (χ0) is 17.4. The number of nitrogens with zero attached hydrogens (tertiary/aromatic N) is 4. The minimum absolute atomic E-state index is 0.116. The van der Waals surface area contributed by atoms with Crippen molar-refractivity contribution in [3.8, 4) is 0 Å². The Morgan fingerprint density at radius 2 is 2.00 bits per heavy atom. The molecule has 3 aromatic rings. The molecule has 26 heavy (non-hydrogen) atoms. The van der Waals surface area contributed by atoms with Gasteiger partial charge in [0.25, 0.3) is 0 Å². The average molecular weight is 346 g/mol. The lowest BCUT2D eigenvalue weighted by Crippen LogP contribution is -2.36. The SMILES string of the molecule is c1cncc(CN2C[C@]3(CCN(Cc4ccco4)C3)c3ncccc32)c1. The van der Waals surface area contributed by atoms with Crippen LogP contribution in [0.25, 0.3) is 0 Å². The lowest BCUT2D eigenvalue weighted by atomic mass is 9.85. The molecule has 0 saturated carbocycles. The molecule has 5 rings (SSSR count). The highest BCUT2D eigenvalue weighted by atomic mass is 16.3. The number of anilines is 1. The van der Waals surface area contributed by atoms with Gasteiger partial charge in [0.1, 0.15) is 5.76 Å². The summed E-state index contributed by atoms with van der Waals surface area (Å²) in [6.07, 6.45) is 8.61. The van der Waals surface area contributed by atoms with Crippen LogP contribution in [0.4, 0.5) is 5.69 Å². The second-order valence-corrected chi connectivity index (χ2v) is 7.41. The Labute approximate surface area is 153 Å². The van der Waals surface area contributed by atoms with Crippen LogP contribution in [-0.4, -0.2) is 34.5 Å². The number of rotatable bonds is 4. The zero-order valence-electron chi connectivity index (χ0n) is 14.7. The van der Waals surface area contributed by atoms with Gasteiger partial charge in [0.15, 0.2) is 0 Å². The Balaban J connectivity index is 1.40. The maximum absolute atomic E-state index is 5.54. The van der Waals surface area contributed by atoms with Crippen LogP contribution >= 0.6 is 0 Å². The van der Waals surface area contributed by atoms with Crippen LogP contribution in [0.15, 0.2) is 65.7 Å². The van der Waals surface area contributed by atoms with Crippen molar-refractivity contribution < 1.29 is 4.42 Å². The van der Waals surface area contributed by atoms with Gasteiger partial charge in [-0.05, 0) is 48.9 Å². The average Bonchev–Trinajstić information content (AvgIpc) is 3.39. The van der Waals surface area contributed by atoms with E-state index in [0.29, 0.717) is 0 Å². The van der Waals surface area contributed by atoms with Gasteiger partial charge >= 0.3 is 0 Å². The van der Waals surface area contributed by atoms with Crippen LogP contribution in [0.3, 0.4) is 0 Å². The van der Waals surface area contributed by atoms with Gasteiger partial charge in [0.2, 0.25) is 0 Å². The van der Waals surface area contributed by atoms with Gasteiger partial charge in [-0.3, -0.25) is 14.9 Å². The number of hydrogen-bond donors (Lipinski definition) is 0. The summed E-state index contributed by atoms with van der Waals surface area (Å²) in [5.41, 5.74) is 3.89. The van der Waals surface area contributed by atoms with Crippen molar-refractivity contribution in [1.82, 2.24) is 14.9 Å². The first kappa shape index (κ1) is 15.6. The first-order chi connectivity index (χ1) is 12.8. The topological polar surface area (TPSA) is 45.4 Å². The molecule has 0 bridgehead atoms. The highest BCUT2D eigenvalue weighted by molar-refractivity contribution is 5.60. The molecule has 1 atom stereocenters. The molecule has 5 heteroatoms. The molecule has 0 unspecified atom stereocenters. The van der Waals surface area contributed by atoms with Crippen molar-refractivity contribution in [1.29, 1.82) is 0 Å². The number of likely N-dealkylation sites (tertiary alicyclic amines) is 1. The fraction of sp³-hybridized carbons (Fsp3) is 0.333. The van der Waals surface area contributed by atoms with Crippen molar-refractivity contribution >= 4 is 5.69 Å². The van der Waals surface area contributed by atoms with E-state index in [9.17, 15) is 0 Å². The maximum Gasteiger partial charge on any atom is 0.117 e. The van der Waals surface area contributed by atoms with Gasteiger partial charge in [-0.1, -0.05) is 6.07 Å². The minimum Gasteiger partial charge on any atom is -0.468 e. The highest BCUT2D eigenvalue weighted by Gasteiger charge is 2.48. The molecule has 2 aliphatic heterocycles. The second-order valence-electron chi connectivity index (χ2n) is 7.41. The molecule has 0 aliphatic carbocycles. The van der Waals surface area contributed by atoms with E-state index in [-0.39, 0.29) is 5.41 Å². The molecule has 1 fully saturated rings. The third-order valence-corrected chi connectivity index (χ3v) is 5.61. The summed E-state index contributed by atoms with van der Waals surface area (Å²) in [6.45, 7) is 4.88. The normalized spacial score (nSPS) is 22.2. The molecule has 5 heterocycles. The number of furan rings is 1. The van der Waals surface area contributed by atoms with Crippen LogP contribution < -0.4 is 4.90 Å². The smallest absolute Gasteiger partial charge is 0.117 e. The molecule has 0 amide bonds. The van der Waals surface area contributed by atoms with Crippen molar-refractivity contribution in [3.05, 3.63) is 78.3 Å². The molecule has 132 valence electrons. The number of fused-ring (bicyclic) bond motifs is 2. The molecule has 0 aromatic carbocycles. The summed E-state index contributed by atoms with van der Waals surface area (Å²) >= 11 is 0. The third kappa shape index (κ3) is 2.69. The Morgan fingerprint density at radius 3 is 2.85 bits per heavy atom. The summed E-state index contributed by atoms with van der Waals surface area (Å²) in [4.78, 5) is 14.0. The van der Waals surface area contributed by atoms with E-state index in [1.807, 2.05) is 36.8 Å². The van der Waals surface area contributed by atoms with Crippen molar-refractivity contribution in [2.45, 2.75) is 24.9 Å². The van der Waals surface area contributed by atoms with E-state index >= 15 is 0 Å². The molecule has 1 spiro atoms. The van der Waals surface area contributed by atoms with E-state index in [1.165, 1.54) is 16.9 Å². The quantitative estimate of drug-likeness (QED) is 0.726. The van der Waals surface area contributed by atoms with E-state index in [0.717, 1.165) is 44.9 Å². The predicted octanol–water partition coefficient (Wildman–Crippen LogP) is 3.23. The van der Waals surface area contributed by atoms with Crippen LogP contribution in [-0.2, 0) is 18.5 Å². The molecule has 2 aliphatic rings. The summed E-state index contributed by atoms with van der Waals surface area (Å²) in [7, 11) is 0. The zero-order valence-corrected chi connectivity index (χ0v) is 14.7. The number of hydrogen-bond acceptors (Lipinski definition) is 5. The van der Waals surface area contributed by atoms with Crippen molar-refractivity contribution in [2.75, 3.05) is 24.5 Å². The van der Waals surface area contributed by atoms with Crippen molar-refractivity contribution in [2.24, 2.45) is 0 Å². The molecule has 0 N–H and O–H groups in total. The fourth-order valence-electron chi connectivity index (χ4n) is 4.48. The molecular formula is C21H22N4O. The fourth-order valence-corrected chi connectivity index (χ4v) is 4.48. The van der Waals surface area contributed by atoms with Crippen LogP contribution in [0.2, 0.25) is 0 Å². The predicted molar refractivity (Wildman–Crippen MR) is 99.8 cm³/mol. The van der Waals surface area contributed by atoms with Crippen molar-refractivity contribution in [3.63, 3.8) is 0 Å². The van der Waals surface area contributed by atoms with Gasteiger partial charge < -0.3 is 9.32 Å². The number of pyridine rings is 2. The van der Waals surface area contributed by atoms with Gasteiger partial charge in [0.05, 0.1) is 24.2 Å². The number of aromatic nitrogens is 2. The third-order valence-electron chi connectivity index (χ3n) is 5.61. The largest absolute Gasteiger partial charge is 0.468 e. The summed E-state index contributed by atoms with van der Waals surface area (Å²) in [5, 5.41) is 0. The van der Waals surface area contributed by atoms with Crippen LogP contribution in [0.5, 0.6) is 0 Å². The Morgan fingerprint density at radius 1 is 1.04 bits per heavy atom. The monoisotopic (exact) mass is 346 g/mol. The Hall–Kier alpha value is -2.66. The minimum atomic E-state index is 0.116. The lowest BCUT2D eigenvalue weighted by molar-refractivity contribution is 0.278. The van der Waals surface area contributed by atoms with Gasteiger partial charge in [0, 0.05) is 43.6 Å². The van der Waals surface area contributed by atoms with Crippen LogP contribution in [0, 0.1) is 0 Å². The van der Waals surface area contributed by atoms with E-state index in [4.69, 9.17) is 9.40 Å². The maximum atomic E-state index is 5.54. The summed E-state index contributed by atoms with van der Waals surface area (Å²) in [5.74, 6) is 1.04. The lowest BCUT2D eigenvalue weighted by Gasteiger charge is -2.25. The Kier molecular flexibility index (Phi) is 3.75. The summed E-state index contributed by atoms with van der Waals surface area (Å²) in [6, 6.07) is 12.4. The van der Waals surface area contributed by atoms with E-state index in [1.54, 1.807) is 6.26 Å². The van der Waals surface area contributed by atoms with Gasteiger partial charge in [-0.25, -0.2) is 0 Å². The van der Waals surface area contributed by atoms with E-state index in [2.05, 4.69) is 33.0 Å².